The molecule has 2 aromatic carbocycles. The summed E-state index contributed by atoms with van der Waals surface area (Å²) in [6, 6.07) is 14.6. The Hall–Kier alpha value is -1.55. The highest BCUT2D eigenvalue weighted by atomic mass is 35.5. The maximum absolute atomic E-state index is 6.06. The van der Waals surface area contributed by atoms with Crippen LogP contribution >= 0.6 is 24.0 Å². The van der Waals surface area contributed by atoms with Crippen molar-refractivity contribution in [1.82, 2.24) is 0 Å². The molecule has 0 bridgehead atoms. The van der Waals surface area contributed by atoms with Crippen molar-refractivity contribution in [3.63, 3.8) is 0 Å². The highest BCUT2D eigenvalue weighted by Crippen LogP contribution is 2.52. The largest absolute Gasteiger partial charge is 0.492 e. The first-order chi connectivity index (χ1) is 11.7. The van der Waals surface area contributed by atoms with E-state index in [4.69, 9.17) is 27.1 Å². The summed E-state index contributed by atoms with van der Waals surface area (Å²) in [5, 5.41) is 0.776. The molecule has 25 heavy (non-hydrogen) atoms. The molecule has 0 unspecified atom stereocenters. The Bertz CT molecular complexity index is 783. The lowest BCUT2D eigenvalue weighted by Gasteiger charge is -2.25. The molecular formula is C20H22Cl2N2O. The smallest absolute Gasteiger partial charge is 0.120 e. The fraction of sp³-hybridized carbons (Fsp3) is 0.350. The van der Waals surface area contributed by atoms with E-state index in [2.05, 4.69) is 24.3 Å². The van der Waals surface area contributed by atoms with Gasteiger partial charge in [0.25, 0.3) is 0 Å². The van der Waals surface area contributed by atoms with Crippen LogP contribution in [-0.4, -0.2) is 25.4 Å². The van der Waals surface area contributed by atoms with E-state index < -0.39 is 0 Å². The molecule has 0 radical (unpaired) electrons. The Labute approximate surface area is 159 Å². The van der Waals surface area contributed by atoms with Gasteiger partial charge in [-0.3, -0.25) is 4.99 Å². The minimum atomic E-state index is 0. The number of nitrogens with zero attached hydrogens (tertiary/aromatic N) is 1. The quantitative estimate of drug-likeness (QED) is 0.850. The number of fused-ring (bicyclic) bond motifs is 1. The van der Waals surface area contributed by atoms with Gasteiger partial charge in [0.2, 0.25) is 0 Å². The molecular weight excluding hydrogens is 355 g/mol. The van der Waals surface area contributed by atoms with E-state index in [1.807, 2.05) is 18.2 Å². The van der Waals surface area contributed by atoms with Crippen LogP contribution in [0.5, 0.6) is 5.75 Å². The third-order valence-electron chi connectivity index (χ3n) is 4.97. The number of halogens is 2. The zero-order valence-electron chi connectivity index (χ0n) is 14.0. The van der Waals surface area contributed by atoms with Gasteiger partial charge in [0, 0.05) is 29.1 Å². The summed E-state index contributed by atoms with van der Waals surface area (Å²) < 4.78 is 5.73. The first kappa shape index (κ1) is 18.2. The normalized spacial score (nSPS) is 17.1. The van der Waals surface area contributed by atoms with E-state index in [1.165, 1.54) is 22.4 Å². The number of rotatable bonds is 5. The van der Waals surface area contributed by atoms with Gasteiger partial charge in [0.1, 0.15) is 12.4 Å². The van der Waals surface area contributed by atoms with Crippen molar-refractivity contribution in [2.45, 2.75) is 24.7 Å². The molecule has 0 spiro atoms. The van der Waals surface area contributed by atoms with Crippen molar-refractivity contribution in [2.24, 2.45) is 10.7 Å². The van der Waals surface area contributed by atoms with Crippen molar-refractivity contribution in [1.29, 1.82) is 0 Å². The molecule has 1 aliphatic heterocycles. The van der Waals surface area contributed by atoms with Crippen LogP contribution in [0.25, 0.3) is 0 Å². The topological polar surface area (TPSA) is 47.6 Å². The van der Waals surface area contributed by atoms with Crippen molar-refractivity contribution in [3.8, 4) is 5.75 Å². The van der Waals surface area contributed by atoms with Crippen LogP contribution in [0.1, 0.15) is 29.5 Å². The Morgan fingerprint density at radius 2 is 1.88 bits per heavy atom. The number of hydrogen-bond acceptors (Lipinski definition) is 3. The van der Waals surface area contributed by atoms with Crippen LogP contribution in [-0.2, 0) is 11.8 Å². The van der Waals surface area contributed by atoms with E-state index in [0.29, 0.717) is 13.2 Å². The summed E-state index contributed by atoms with van der Waals surface area (Å²) in [5.74, 6) is 0.876. The van der Waals surface area contributed by atoms with Crippen molar-refractivity contribution >= 4 is 29.7 Å². The zero-order chi connectivity index (χ0) is 16.6. The SMILES string of the molecule is Cl.NCCOc1ccc2c(c1)C(C1(c3ccc(Cl)cc3)CC1)=NCC2. The molecule has 0 amide bonds. The number of ether oxygens (including phenoxy) is 1. The van der Waals surface area contributed by atoms with Crippen molar-refractivity contribution in [3.05, 3.63) is 64.2 Å². The minimum Gasteiger partial charge on any atom is -0.492 e. The Kier molecular flexibility index (Phi) is 5.38. The van der Waals surface area contributed by atoms with E-state index in [1.54, 1.807) is 0 Å². The molecule has 1 fully saturated rings. The van der Waals surface area contributed by atoms with Gasteiger partial charge >= 0.3 is 0 Å². The number of benzene rings is 2. The fourth-order valence-corrected chi connectivity index (χ4v) is 3.73. The van der Waals surface area contributed by atoms with Crippen LogP contribution in [0.3, 0.4) is 0 Å². The van der Waals surface area contributed by atoms with Crippen LogP contribution in [0.2, 0.25) is 5.02 Å². The van der Waals surface area contributed by atoms with Crippen molar-refractivity contribution in [2.75, 3.05) is 19.7 Å². The summed E-state index contributed by atoms with van der Waals surface area (Å²) >= 11 is 6.06. The summed E-state index contributed by atoms with van der Waals surface area (Å²) in [4.78, 5) is 4.93. The molecule has 2 aliphatic rings. The Morgan fingerprint density at radius 1 is 1.12 bits per heavy atom. The first-order valence-corrected chi connectivity index (χ1v) is 8.88. The van der Waals surface area contributed by atoms with Crippen LogP contribution < -0.4 is 10.5 Å². The summed E-state index contributed by atoms with van der Waals surface area (Å²) in [5.41, 5.74) is 10.7. The maximum atomic E-state index is 6.06. The molecule has 4 rings (SSSR count). The summed E-state index contributed by atoms with van der Waals surface area (Å²) in [6.45, 7) is 1.92. The molecule has 0 saturated heterocycles. The predicted octanol–water partition coefficient (Wildman–Crippen LogP) is 4.18. The standard InChI is InChI=1S/C20H21ClN2O.ClH/c21-16-4-2-15(3-5-16)20(8-9-20)19-18-13-17(24-12-10-22)6-1-14(18)7-11-23-19;/h1-6,13H,7-12,22H2;1H. The molecule has 0 atom stereocenters. The first-order valence-electron chi connectivity index (χ1n) is 8.50. The van der Waals surface area contributed by atoms with E-state index >= 15 is 0 Å². The third-order valence-corrected chi connectivity index (χ3v) is 5.23. The molecule has 0 aromatic heterocycles. The Morgan fingerprint density at radius 3 is 2.56 bits per heavy atom. The van der Waals surface area contributed by atoms with Gasteiger partial charge in [-0.2, -0.15) is 0 Å². The van der Waals surface area contributed by atoms with Gasteiger partial charge in [0.05, 0.1) is 5.71 Å². The van der Waals surface area contributed by atoms with Gasteiger partial charge in [-0.15, -0.1) is 12.4 Å². The second-order valence-electron chi connectivity index (χ2n) is 6.53. The fourth-order valence-electron chi connectivity index (χ4n) is 3.60. The van der Waals surface area contributed by atoms with E-state index in [0.717, 1.165) is 36.6 Å². The predicted molar refractivity (Wildman–Crippen MR) is 106 cm³/mol. The lowest BCUT2D eigenvalue weighted by atomic mass is 9.83. The maximum Gasteiger partial charge on any atom is 0.120 e. The molecule has 1 aliphatic carbocycles. The molecule has 1 heterocycles. The van der Waals surface area contributed by atoms with E-state index in [-0.39, 0.29) is 17.8 Å². The lowest BCUT2D eigenvalue weighted by Crippen LogP contribution is -2.26. The average molecular weight is 377 g/mol. The Balaban J connectivity index is 0.00000182. The molecule has 5 heteroatoms. The second-order valence-corrected chi connectivity index (χ2v) is 6.96. The molecule has 1 saturated carbocycles. The third kappa shape index (κ3) is 3.41. The molecule has 132 valence electrons. The van der Waals surface area contributed by atoms with Gasteiger partial charge in [-0.1, -0.05) is 29.8 Å². The number of aliphatic imine (C=N–C) groups is 1. The monoisotopic (exact) mass is 376 g/mol. The van der Waals surface area contributed by atoms with Gasteiger partial charge < -0.3 is 10.5 Å². The number of nitrogens with two attached hydrogens (primary N) is 1. The lowest BCUT2D eigenvalue weighted by molar-refractivity contribution is 0.328. The van der Waals surface area contributed by atoms with E-state index in [9.17, 15) is 0 Å². The van der Waals surface area contributed by atoms with Crippen molar-refractivity contribution < 1.29 is 4.74 Å². The highest BCUT2D eigenvalue weighted by Gasteiger charge is 2.50. The summed E-state index contributed by atoms with van der Waals surface area (Å²) in [6.07, 6.45) is 3.27. The van der Waals surface area contributed by atoms with Gasteiger partial charge in [0.15, 0.2) is 0 Å². The average Bonchev–Trinajstić information content (AvgIpc) is 3.41. The molecule has 3 nitrogen and oxygen atoms in total. The molecule has 2 N–H and O–H groups in total. The highest BCUT2D eigenvalue weighted by molar-refractivity contribution is 6.30. The van der Waals surface area contributed by atoms with Gasteiger partial charge in [-0.05, 0) is 54.7 Å². The van der Waals surface area contributed by atoms with Crippen LogP contribution in [0, 0.1) is 0 Å². The molecule has 2 aromatic rings. The summed E-state index contributed by atoms with van der Waals surface area (Å²) in [7, 11) is 0. The number of hydrogen-bond donors (Lipinski definition) is 1. The van der Waals surface area contributed by atoms with Crippen LogP contribution in [0.4, 0.5) is 0 Å². The second kappa shape index (κ2) is 7.36. The minimum absolute atomic E-state index is 0. The van der Waals surface area contributed by atoms with Gasteiger partial charge in [-0.25, -0.2) is 0 Å². The zero-order valence-corrected chi connectivity index (χ0v) is 15.6. The van der Waals surface area contributed by atoms with Crippen LogP contribution in [0.15, 0.2) is 47.5 Å².